The van der Waals surface area contributed by atoms with Crippen molar-refractivity contribution in [2.45, 2.75) is 62.5 Å². The van der Waals surface area contributed by atoms with Gasteiger partial charge < -0.3 is 15.4 Å². The van der Waals surface area contributed by atoms with E-state index in [9.17, 15) is 31.1 Å². The monoisotopic (exact) mass is 645 g/mol. The first-order chi connectivity index (χ1) is 21.4. The highest BCUT2D eigenvalue weighted by molar-refractivity contribution is 7.13. The molecule has 0 spiro atoms. The Morgan fingerprint density at radius 1 is 0.933 bits per heavy atom. The van der Waals surface area contributed by atoms with Crippen molar-refractivity contribution in [2.24, 2.45) is 5.92 Å². The van der Waals surface area contributed by atoms with Crippen LogP contribution in [0.25, 0.3) is 10.6 Å². The number of aromatic nitrogens is 1. The van der Waals surface area contributed by atoms with Crippen LogP contribution in [0.4, 0.5) is 26.3 Å². The number of halogens is 6. The van der Waals surface area contributed by atoms with Crippen molar-refractivity contribution in [3.63, 3.8) is 0 Å². The Bertz CT molecular complexity index is 1610. The van der Waals surface area contributed by atoms with E-state index in [0.29, 0.717) is 31.4 Å². The van der Waals surface area contributed by atoms with Gasteiger partial charge in [0.05, 0.1) is 47.5 Å². The summed E-state index contributed by atoms with van der Waals surface area (Å²) in [7, 11) is 0. The zero-order chi connectivity index (χ0) is 31.8. The highest BCUT2D eigenvalue weighted by atomic mass is 32.1. The van der Waals surface area contributed by atoms with E-state index in [-0.39, 0.29) is 30.1 Å². The SMILES string of the molecule is O=C(NCc1csc(-c2ccccc2)n1)C1CC2(c3ccccc3)NC1CCC2OCc1cc(C(F)(F)F)cc(C(F)(F)F)c1. The molecule has 0 saturated carbocycles. The van der Waals surface area contributed by atoms with Gasteiger partial charge in [-0.25, -0.2) is 4.98 Å². The lowest BCUT2D eigenvalue weighted by Gasteiger charge is -2.42. The van der Waals surface area contributed by atoms with Gasteiger partial charge in [0.1, 0.15) is 5.01 Å². The number of fused-ring (bicyclic) bond motifs is 2. The zero-order valence-electron chi connectivity index (χ0n) is 23.8. The highest BCUT2D eigenvalue weighted by Gasteiger charge is 2.56. The second kappa shape index (κ2) is 12.2. The number of benzene rings is 3. The number of nitrogens with one attached hydrogen (secondary N) is 2. The molecule has 3 heterocycles. The Morgan fingerprint density at radius 3 is 2.22 bits per heavy atom. The zero-order valence-corrected chi connectivity index (χ0v) is 24.6. The third-order valence-corrected chi connectivity index (χ3v) is 9.44. The minimum Gasteiger partial charge on any atom is -0.371 e. The van der Waals surface area contributed by atoms with Gasteiger partial charge in [0.25, 0.3) is 0 Å². The lowest BCUT2D eigenvalue weighted by molar-refractivity contribution is -0.143. The third kappa shape index (κ3) is 6.63. The van der Waals surface area contributed by atoms with Crippen molar-refractivity contribution in [3.8, 4) is 10.6 Å². The van der Waals surface area contributed by atoms with Crippen LogP contribution in [-0.2, 0) is 40.6 Å². The molecule has 0 aliphatic carbocycles. The van der Waals surface area contributed by atoms with Gasteiger partial charge >= 0.3 is 12.4 Å². The minimum atomic E-state index is -4.95. The van der Waals surface area contributed by atoms with E-state index in [4.69, 9.17) is 4.74 Å². The molecular formula is C33H29F6N3O2S. The number of nitrogens with zero attached hydrogens (tertiary/aromatic N) is 1. The van der Waals surface area contributed by atoms with Crippen LogP contribution in [0.1, 0.15) is 47.2 Å². The Balaban J connectivity index is 1.19. The van der Waals surface area contributed by atoms with E-state index in [1.165, 1.54) is 11.3 Å². The molecule has 1 amide bonds. The lowest BCUT2D eigenvalue weighted by atomic mass is 9.80. The summed E-state index contributed by atoms with van der Waals surface area (Å²) in [6.45, 7) is -0.205. The Kier molecular flexibility index (Phi) is 8.49. The molecule has 45 heavy (non-hydrogen) atoms. The van der Waals surface area contributed by atoms with Crippen molar-refractivity contribution in [2.75, 3.05) is 0 Å². The van der Waals surface area contributed by atoms with Gasteiger partial charge in [-0.1, -0.05) is 60.7 Å². The van der Waals surface area contributed by atoms with E-state index in [1.54, 1.807) is 0 Å². The lowest BCUT2D eigenvalue weighted by Crippen LogP contribution is -2.54. The van der Waals surface area contributed by atoms with Crippen LogP contribution in [0.3, 0.4) is 0 Å². The molecule has 12 heteroatoms. The number of amides is 1. The van der Waals surface area contributed by atoms with Crippen molar-refractivity contribution in [3.05, 3.63) is 112 Å². The van der Waals surface area contributed by atoms with Crippen LogP contribution in [0.2, 0.25) is 0 Å². The summed E-state index contributed by atoms with van der Waals surface area (Å²) in [5.41, 5.74) is -1.30. The van der Waals surface area contributed by atoms with Gasteiger partial charge in [0.15, 0.2) is 0 Å². The molecule has 4 aromatic rings. The topological polar surface area (TPSA) is 63.2 Å². The maximum Gasteiger partial charge on any atom is 0.416 e. The van der Waals surface area contributed by atoms with Gasteiger partial charge in [-0.05, 0) is 48.6 Å². The summed E-state index contributed by atoms with van der Waals surface area (Å²) >= 11 is 1.49. The quantitative estimate of drug-likeness (QED) is 0.193. The van der Waals surface area contributed by atoms with Crippen LogP contribution in [0.15, 0.2) is 84.2 Å². The predicted octanol–water partition coefficient (Wildman–Crippen LogP) is 7.72. The van der Waals surface area contributed by atoms with E-state index in [2.05, 4.69) is 15.6 Å². The summed E-state index contributed by atoms with van der Waals surface area (Å²) in [4.78, 5) is 18.2. The molecule has 1 aromatic heterocycles. The van der Waals surface area contributed by atoms with E-state index in [0.717, 1.165) is 21.8 Å². The Hall–Kier alpha value is -3.74. The molecule has 2 N–H and O–H groups in total. The smallest absolute Gasteiger partial charge is 0.371 e. The molecule has 2 fully saturated rings. The fraction of sp³-hybridized carbons (Fsp3) is 0.333. The number of ether oxygens (including phenoxy) is 1. The van der Waals surface area contributed by atoms with Crippen LogP contribution < -0.4 is 10.6 Å². The number of piperidine rings is 1. The fourth-order valence-electron chi connectivity index (χ4n) is 6.39. The van der Waals surface area contributed by atoms with Crippen LogP contribution in [0.5, 0.6) is 0 Å². The number of carbonyl (C=O) groups excluding carboxylic acids is 1. The number of alkyl halides is 6. The standard InChI is InChI=1S/C33H29F6N3O2S/c34-32(35,36)23-13-20(14-24(15-23)33(37,38)39)18-44-28-12-11-27-26(16-31(28,42-27)22-9-5-2-6-10-22)29(43)40-17-25-19-45-30(41-25)21-7-3-1-4-8-21/h1-10,13-15,19,26-28,42H,11-12,16-18H2,(H,40,43). The summed E-state index contributed by atoms with van der Waals surface area (Å²) in [5, 5.41) is 9.34. The first-order valence-corrected chi connectivity index (χ1v) is 15.3. The number of thiazole rings is 1. The number of rotatable bonds is 8. The van der Waals surface area contributed by atoms with Crippen molar-refractivity contribution >= 4 is 17.2 Å². The Labute approximate surface area is 259 Å². The predicted molar refractivity (Wildman–Crippen MR) is 157 cm³/mol. The number of hydrogen-bond donors (Lipinski definition) is 2. The van der Waals surface area contributed by atoms with Gasteiger partial charge in [-0.3, -0.25) is 4.79 Å². The molecule has 2 aliphatic rings. The largest absolute Gasteiger partial charge is 0.416 e. The van der Waals surface area contributed by atoms with E-state index < -0.39 is 47.6 Å². The number of hydrogen-bond acceptors (Lipinski definition) is 5. The molecule has 4 unspecified atom stereocenters. The molecule has 5 nitrogen and oxygen atoms in total. The molecule has 3 aromatic carbocycles. The first-order valence-electron chi connectivity index (χ1n) is 14.4. The molecule has 6 rings (SSSR count). The maximum absolute atomic E-state index is 13.5. The van der Waals surface area contributed by atoms with Crippen molar-refractivity contribution in [1.29, 1.82) is 0 Å². The Morgan fingerprint density at radius 2 is 1.58 bits per heavy atom. The second-order valence-corrected chi connectivity index (χ2v) is 12.3. The molecule has 4 atom stereocenters. The van der Waals surface area contributed by atoms with Gasteiger partial charge in [0, 0.05) is 17.0 Å². The summed E-state index contributed by atoms with van der Waals surface area (Å²) in [6.07, 6.45) is -9.15. The molecular weight excluding hydrogens is 616 g/mol. The summed E-state index contributed by atoms with van der Waals surface area (Å²) in [5.74, 6) is -0.593. The van der Waals surface area contributed by atoms with Crippen LogP contribution in [-0.4, -0.2) is 23.0 Å². The third-order valence-electron chi connectivity index (χ3n) is 8.50. The number of carbonyl (C=O) groups is 1. The van der Waals surface area contributed by atoms with Gasteiger partial charge in [-0.15, -0.1) is 11.3 Å². The highest BCUT2D eigenvalue weighted by Crippen LogP contribution is 2.48. The fourth-order valence-corrected chi connectivity index (χ4v) is 7.21. The second-order valence-electron chi connectivity index (χ2n) is 11.4. The van der Waals surface area contributed by atoms with E-state index in [1.807, 2.05) is 66.0 Å². The minimum absolute atomic E-state index is 0.107. The first kappa shape index (κ1) is 31.3. The molecule has 236 valence electrons. The normalized spacial score (nSPS) is 23.2. The van der Waals surface area contributed by atoms with Crippen molar-refractivity contribution in [1.82, 2.24) is 15.6 Å². The van der Waals surface area contributed by atoms with Crippen LogP contribution in [0, 0.1) is 5.92 Å². The van der Waals surface area contributed by atoms with Gasteiger partial charge in [-0.2, -0.15) is 26.3 Å². The molecule has 2 aliphatic heterocycles. The average molecular weight is 646 g/mol. The summed E-state index contributed by atoms with van der Waals surface area (Å²) < 4.78 is 86.8. The summed E-state index contributed by atoms with van der Waals surface area (Å²) in [6, 6.07) is 20.3. The van der Waals surface area contributed by atoms with Crippen LogP contribution >= 0.6 is 11.3 Å². The molecule has 2 saturated heterocycles. The van der Waals surface area contributed by atoms with E-state index >= 15 is 0 Å². The molecule has 0 radical (unpaired) electrons. The maximum atomic E-state index is 13.5. The molecule has 2 bridgehead atoms. The average Bonchev–Trinajstić information content (AvgIpc) is 3.63. The van der Waals surface area contributed by atoms with Gasteiger partial charge in [0.2, 0.25) is 5.91 Å². The van der Waals surface area contributed by atoms with Crippen molar-refractivity contribution < 1.29 is 35.9 Å².